The molecule has 1 heterocycles. The Kier molecular flexibility index (Phi) is 4.32. The van der Waals surface area contributed by atoms with Crippen LogP contribution in [0.15, 0.2) is 49.6 Å². The monoisotopic (exact) mass is 282 g/mol. The van der Waals surface area contributed by atoms with Crippen molar-refractivity contribution in [1.29, 1.82) is 0 Å². The Morgan fingerprint density at radius 3 is 2.76 bits per heavy atom. The third-order valence-corrected chi connectivity index (χ3v) is 3.83. The van der Waals surface area contributed by atoms with Crippen LogP contribution in [0.1, 0.15) is 42.1 Å². The molecule has 21 heavy (non-hydrogen) atoms. The first-order valence-corrected chi connectivity index (χ1v) is 7.15. The predicted molar refractivity (Wildman–Crippen MR) is 88.7 cm³/mol. The van der Waals surface area contributed by atoms with Gasteiger partial charge in [-0.15, -0.1) is 13.2 Å². The van der Waals surface area contributed by atoms with Gasteiger partial charge in [0.1, 0.15) is 0 Å². The van der Waals surface area contributed by atoms with Gasteiger partial charge in [0.15, 0.2) is 0 Å². The van der Waals surface area contributed by atoms with Crippen molar-refractivity contribution in [3.63, 3.8) is 0 Å². The van der Waals surface area contributed by atoms with Crippen molar-refractivity contribution >= 4 is 17.3 Å². The molecule has 3 nitrogen and oxygen atoms in total. The van der Waals surface area contributed by atoms with Crippen LogP contribution in [0, 0.1) is 0 Å². The third kappa shape index (κ3) is 2.77. The highest BCUT2D eigenvalue weighted by molar-refractivity contribution is 6.11. The molecule has 1 aromatic carbocycles. The van der Waals surface area contributed by atoms with Crippen LogP contribution in [0.25, 0.3) is 5.70 Å². The number of hydrogen-bond acceptors (Lipinski definition) is 2. The topological polar surface area (TPSA) is 46.3 Å². The van der Waals surface area contributed by atoms with Gasteiger partial charge in [-0.05, 0) is 38.3 Å². The average molecular weight is 282 g/mol. The van der Waals surface area contributed by atoms with Crippen LogP contribution in [0.5, 0.6) is 0 Å². The fourth-order valence-electron chi connectivity index (χ4n) is 2.76. The summed E-state index contributed by atoms with van der Waals surface area (Å²) in [5.74, 6) is -0.0393. The van der Waals surface area contributed by atoms with Gasteiger partial charge in [-0.25, -0.2) is 0 Å². The number of benzene rings is 1. The molecule has 1 aromatic rings. The molecule has 0 saturated carbocycles. The lowest BCUT2D eigenvalue weighted by atomic mass is 10.0. The fraction of sp³-hybridized carbons (Fsp3) is 0.278. The standard InChI is InChI=1S/C18H22N2O/c1-5-14(9-6-8-12(2)3)20-13(4)17-15(18(20)21)10-7-11-16(17)19/h5,7,10-11,14H,1-2,4,6,8-9,19H2,3H3. The number of carbonyl (C=O) groups is 1. The molecule has 1 atom stereocenters. The van der Waals surface area contributed by atoms with Gasteiger partial charge < -0.3 is 10.6 Å². The maximum Gasteiger partial charge on any atom is 0.259 e. The SMILES string of the molecule is C=CC(CCCC(=C)C)N1C(=C)c2c(N)cccc2C1=O. The minimum Gasteiger partial charge on any atom is -0.398 e. The van der Waals surface area contributed by atoms with Crippen molar-refractivity contribution in [2.75, 3.05) is 5.73 Å². The second-order valence-electron chi connectivity index (χ2n) is 5.54. The second-order valence-corrected chi connectivity index (χ2v) is 5.54. The molecule has 0 aliphatic carbocycles. The molecule has 0 radical (unpaired) electrons. The molecule has 1 aliphatic rings. The van der Waals surface area contributed by atoms with E-state index < -0.39 is 0 Å². The first-order valence-electron chi connectivity index (χ1n) is 7.15. The van der Waals surface area contributed by atoms with Crippen molar-refractivity contribution in [2.45, 2.75) is 32.2 Å². The van der Waals surface area contributed by atoms with Gasteiger partial charge in [0, 0.05) is 16.9 Å². The minimum atomic E-state index is -0.0591. The maximum absolute atomic E-state index is 12.6. The first-order chi connectivity index (χ1) is 9.97. The first kappa shape index (κ1) is 15.1. The summed E-state index contributed by atoms with van der Waals surface area (Å²) in [6, 6.07) is 5.33. The summed E-state index contributed by atoms with van der Waals surface area (Å²) >= 11 is 0. The van der Waals surface area contributed by atoms with Crippen LogP contribution < -0.4 is 5.73 Å². The lowest BCUT2D eigenvalue weighted by Crippen LogP contribution is -2.33. The Labute approximate surface area is 126 Å². The van der Waals surface area contributed by atoms with Gasteiger partial charge in [0.05, 0.1) is 11.6 Å². The van der Waals surface area contributed by atoms with E-state index in [1.54, 1.807) is 23.1 Å². The van der Waals surface area contributed by atoms with Gasteiger partial charge in [-0.3, -0.25) is 4.79 Å². The minimum absolute atomic E-state index is 0.0393. The Hall–Kier alpha value is -2.29. The molecule has 1 amide bonds. The van der Waals surface area contributed by atoms with Gasteiger partial charge in [0.2, 0.25) is 0 Å². The smallest absolute Gasteiger partial charge is 0.259 e. The fourth-order valence-corrected chi connectivity index (χ4v) is 2.76. The summed E-state index contributed by atoms with van der Waals surface area (Å²) in [5.41, 5.74) is 9.80. The Morgan fingerprint density at radius 2 is 2.19 bits per heavy atom. The van der Waals surface area contributed by atoms with Crippen molar-refractivity contribution in [3.8, 4) is 0 Å². The molecule has 0 aromatic heterocycles. The molecule has 2 N–H and O–H groups in total. The van der Waals surface area contributed by atoms with E-state index in [2.05, 4.69) is 19.7 Å². The highest BCUT2D eigenvalue weighted by atomic mass is 16.2. The van der Waals surface area contributed by atoms with E-state index in [0.717, 1.165) is 30.4 Å². The highest BCUT2D eigenvalue weighted by Crippen LogP contribution is 2.37. The number of amides is 1. The van der Waals surface area contributed by atoms with Crippen LogP contribution in [0.4, 0.5) is 5.69 Å². The molecular formula is C18H22N2O. The van der Waals surface area contributed by atoms with Gasteiger partial charge >= 0.3 is 0 Å². The average Bonchev–Trinajstić information content (AvgIpc) is 2.69. The number of fused-ring (bicyclic) bond motifs is 1. The van der Waals surface area contributed by atoms with Gasteiger partial charge in [-0.1, -0.05) is 24.3 Å². The van der Waals surface area contributed by atoms with Crippen LogP contribution >= 0.6 is 0 Å². The Morgan fingerprint density at radius 1 is 1.48 bits per heavy atom. The number of nitrogens with two attached hydrogens (primary N) is 1. The molecule has 0 saturated heterocycles. The number of carbonyl (C=O) groups excluding carboxylic acids is 1. The number of hydrogen-bond donors (Lipinski definition) is 1. The summed E-state index contributed by atoms with van der Waals surface area (Å²) in [7, 11) is 0. The summed E-state index contributed by atoms with van der Waals surface area (Å²) in [6.45, 7) is 13.9. The summed E-state index contributed by atoms with van der Waals surface area (Å²) < 4.78 is 0. The second kappa shape index (κ2) is 6.00. The lowest BCUT2D eigenvalue weighted by molar-refractivity contribution is 0.0820. The van der Waals surface area contributed by atoms with E-state index >= 15 is 0 Å². The predicted octanol–water partition coefficient (Wildman–Crippen LogP) is 4.00. The number of allylic oxidation sites excluding steroid dienone is 1. The zero-order valence-electron chi connectivity index (χ0n) is 12.6. The van der Waals surface area contributed by atoms with Crippen LogP contribution in [-0.4, -0.2) is 16.8 Å². The molecule has 110 valence electrons. The highest BCUT2D eigenvalue weighted by Gasteiger charge is 2.35. The third-order valence-electron chi connectivity index (χ3n) is 3.83. The summed E-state index contributed by atoms with van der Waals surface area (Å²) in [4.78, 5) is 14.3. The lowest BCUT2D eigenvalue weighted by Gasteiger charge is -2.26. The van der Waals surface area contributed by atoms with Crippen molar-refractivity contribution in [2.24, 2.45) is 0 Å². The molecule has 0 spiro atoms. The van der Waals surface area contributed by atoms with E-state index in [4.69, 9.17) is 5.73 Å². The van der Waals surface area contributed by atoms with Gasteiger partial charge in [-0.2, -0.15) is 0 Å². The van der Waals surface area contributed by atoms with E-state index in [0.29, 0.717) is 16.9 Å². The Bertz CT molecular complexity index is 616. The van der Waals surface area contributed by atoms with Crippen molar-refractivity contribution in [1.82, 2.24) is 4.90 Å². The van der Waals surface area contributed by atoms with E-state index in [9.17, 15) is 4.79 Å². The van der Waals surface area contributed by atoms with Crippen LogP contribution in [-0.2, 0) is 0 Å². The molecule has 0 fully saturated rings. The summed E-state index contributed by atoms with van der Waals surface area (Å²) in [5, 5.41) is 0. The molecule has 0 bridgehead atoms. The number of anilines is 1. The maximum atomic E-state index is 12.6. The Balaban J connectivity index is 2.23. The number of nitrogens with zero attached hydrogens (tertiary/aromatic N) is 1. The largest absolute Gasteiger partial charge is 0.398 e. The molecular weight excluding hydrogens is 260 g/mol. The molecule has 1 aliphatic heterocycles. The normalized spacial score (nSPS) is 15.0. The van der Waals surface area contributed by atoms with Gasteiger partial charge in [0.25, 0.3) is 5.91 Å². The number of nitrogen functional groups attached to an aromatic ring is 1. The zero-order valence-corrected chi connectivity index (χ0v) is 12.6. The quantitative estimate of drug-likeness (QED) is 0.633. The van der Waals surface area contributed by atoms with Crippen molar-refractivity contribution in [3.05, 3.63) is 60.7 Å². The van der Waals surface area contributed by atoms with Crippen LogP contribution in [0.2, 0.25) is 0 Å². The molecule has 3 heteroatoms. The molecule has 2 rings (SSSR count). The molecule has 1 unspecified atom stereocenters. The van der Waals surface area contributed by atoms with Crippen molar-refractivity contribution < 1.29 is 4.79 Å². The summed E-state index contributed by atoms with van der Waals surface area (Å²) in [6.07, 6.45) is 4.57. The number of rotatable bonds is 6. The van der Waals surface area contributed by atoms with E-state index in [1.165, 1.54) is 0 Å². The van der Waals surface area contributed by atoms with Crippen LogP contribution in [0.3, 0.4) is 0 Å². The zero-order chi connectivity index (χ0) is 15.6. The van der Waals surface area contributed by atoms with E-state index in [1.807, 2.05) is 13.0 Å². The van der Waals surface area contributed by atoms with E-state index in [-0.39, 0.29) is 11.9 Å².